The van der Waals surface area contributed by atoms with Crippen LogP contribution in [0.2, 0.25) is 0 Å². The van der Waals surface area contributed by atoms with Crippen molar-refractivity contribution in [2.75, 3.05) is 30.9 Å². The van der Waals surface area contributed by atoms with E-state index in [2.05, 4.69) is 19.2 Å². The molecule has 21 heavy (non-hydrogen) atoms. The molecular formula is C15H24N2O2S2. The van der Waals surface area contributed by atoms with E-state index in [9.17, 15) is 8.42 Å². The van der Waals surface area contributed by atoms with Gasteiger partial charge in [-0.1, -0.05) is 19.9 Å². The quantitative estimate of drug-likeness (QED) is 0.923. The number of rotatable bonds is 4. The normalized spacial score (nSPS) is 22.2. The number of nitrogens with zero attached hydrogens (tertiary/aromatic N) is 1. The zero-order chi connectivity index (χ0) is 15.7. The molecule has 1 aliphatic heterocycles. The Kier molecular flexibility index (Phi) is 4.90. The lowest BCUT2D eigenvalue weighted by Gasteiger charge is -2.39. The van der Waals surface area contributed by atoms with Gasteiger partial charge in [-0.3, -0.25) is 0 Å². The Morgan fingerprint density at radius 3 is 2.67 bits per heavy atom. The summed E-state index contributed by atoms with van der Waals surface area (Å²) in [5.74, 6) is 2.25. The van der Waals surface area contributed by atoms with E-state index in [-0.39, 0.29) is 5.41 Å². The maximum atomic E-state index is 12.2. The summed E-state index contributed by atoms with van der Waals surface area (Å²) >= 11 is 1.95. The fourth-order valence-corrected chi connectivity index (χ4v) is 4.89. The fraction of sp³-hybridized carbons (Fsp3) is 0.600. The van der Waals surface area contributed by atoms with Gasteiger partial charge in [0.15, 0.2) is 0 Å². The van der Waals surface area contributed by atoms with Crippen molar-refractivity contribution in [3.63, 3.8) is 0 Å². The first-order chi connectivity index (χ1) is 9.73. The standard InChI is InChI=1S/C15H24N2O2S2/c1-15(2)8-9-20-11-14(15)16-12-6-5-7-13(10-12)21(18,19)17(3)4/h5-7,10,14,16H,8-9,11H2,1-4H3. The van der Waals surface area contributed by atoms with E-state index in [4.69, 9.17) is 0 Å². The maximum absolute atomic E-state index is 12.2. The Balaban J connectivity index is 2.22. The molecule has 1 aliphatic rings. The molecule has 0 amide bonds. The van der Waals surface area contributed by atoms with Gasteiger partial charge in [0.1, 0.15) is 0 Å². The molecule has 4 nitrogen and oxygen atoms in total. The Morgan fingerprint density at radius 2 is 2.05 bits per heavy atom. The van der Waals surface area contributed by atoms with Crippen LogP contribution in [0, 0.1) is 5.41 Å². The minimum absolute atomic E-state index is 0.224. The number of hydrogen-bond acceptors (Lipinski definition) is 4. The highest BCUT2D eigenvalue weighted by Crippen LogP contribution is 2.36. The molecule has 2 rings (SSSR count). The largest absolute Gasteiger partial charge is 0.381 e. The van der Waals surface area contributed by atoms with Crippen LogP contribution in [0.5, 0.6) is 0 Å². The number of sulfonamides is 1. The lowest BCUT2D eigenvalue weighted by atomic mass is 9.82. The zero-order valence-corrected chi connectivity index (χ0v) is 14.7. The number of benzene rings is 1. The Labute approximate surface area is 132 Å². The van der Waals surface area contributed by atoms with Crippen molar-refractivity contribution in [3.8, 4) is 0 Å². The Morgan fingerprint density at radius 1 is 1.33 bits per heavy atom. The van der Waals surface area contributed by atoms with Crippen LogP contribution in [0.3, 0.4) is 0 Å². The van der Waals surface area contributed by atoms with Crippen LogP contribution in [0.25, 0.3) is 0 Å². The van der Waals surface area contributed by atoms with Crippen LogP contribution in [0.4, 0.5) is 5.69 Å². The van der Waals surface area contributed by atoms with Gasteiger partial charge in [-0.2, -0.15) is 11.8 Å². The summed E-state index contributed by atoms with van der Waals surface area (Å²) in [6.45, 7) is 4.54. The van der Waals surface area contributed by atoms with Crippen LogP contribution in [0.15, 0.2) is 29.2 Å². The molecule has 1 unspecified atom stereocenters. The van der Waals surface area contributed by atoms with Gasteiger partial charge in [-0.05, 0) is 35.8 Å². The minimum atomic E-state index is -3.38. The van der Waals surface area contributed by atoms with Crippen molar-refractivity contribution in [1.29, 1.82) is 0 Å². The molecule has 0 saturated carbocycles. The van der Waals surface area contributed by atoms with Crippen molar-refractivity contribution >= 4 is 27.5 Å². The van der Waals surface area contributed by atoms with Crippen LogP contribution < -0.4 is 5.32 Å². The fourth-order valence-electron chi connectivity index (χ4n) is 2.33. The third kappa shape index (κ3) is 3.73. The van der Waals surface area contributed by atoms with Crippen molar-refractivity contribution in [3.05, 3.63) is 24.3 Å². The molecule has 1 aromatic carbocycles. The molecule has 0 bridgehead atoms. The summed E-state index contributed by atoms with van der Waals surface area (Å²) in [6.07, 6.45) is 1.17. The molecule has 0 radical (unpaired) electrons. The molecule has 0 aliphatic carbocycles. The highest BCUT2D eigenvalue weighted by molar-refractivity contribution is 7.99. The highest BCUT2D eigenvalue weighted by Gasteiger charge is 2.32. The summed E-state index contributed by atoms with van der Waals surface area (Å²) < 4.78 is 25.6. The topological polar surface area (TPSA) is 49.4 Å². The first-order valence-corrected chi connectivity index (χ1v) is 9.70. The van der Waals surface area contributed by atoms with E-state index in [0.717, 1.165) is 11.4 Å². The van der Waals surface area contributed by atoms with Crippen LogP contribution >= 0.6 is 11.8 Å². The van der Waals surface area contributed by atoms with Crippen LogP contribution in [0.1, 0.15) is 20.3 Å². The van der Waals surface area contributed by atoms with Gasteiger partial charge in [-0.25, -0.2) is 12.7 Å². The second-order valence-electron chi connectivity index (χ2n) is 6.33. The maximum Gasteiger partial charge on any atom is 0.242 e. The second-order valence-corrected chi connectivity index (χ2v) is 9.63. The first kappa shape index (κ1) is 16.6. The van der Waals surface area contributed by atoms with Crippen LogP contribution in [-0.4, -0.2) is 44.4 Å². The minimum Gasteiger partial charge on any atom is -0.381 e. The zero-order valence-electron chi connectivity index (χ0n) is 13.1. The van der Waals surface area contributed by atoms with Gasteiger partial charge in [-0.15, -0.1) is 0 Å². The Hall–Kier alpha value is -0.720. The lowest BCUT2D eigenvalue weighted by Crippen LogP contribution is -2.41. The number of hydrogen-bond donors (Lipinski definition) is 1. The monoisotopic (exact) mass is 328 g/mol. The van der Waals surface area contributed by atoms with E-state index in [1.165, 1.54) is 16.5 Å². The second kappa shape index (κ2) is 6.18. The Bertz CT molecular complexity index is 597. The predicted molar refractivity (Wildman–Crippen MR) is 90.4 cm³/mol. The van der Waals surface area contributed by atoms with Gasteiger partial charge in [0.2, 0.25) is 10.0 Å². The molecule has 1 fully saturated rings. The van der Waals surface area contributed by atoms with Crippen molar-refractivity contribution < 1.29 is 8.42 Å². The molecule has 0 spiro atoms. The lowest BCUT2D eigenvalue weighted by molar-refractivity contribution is 0.305. The number of nitrogens with one attached hydrogen (secondary N) is 1. The highest BCUT2D eigenvalue weighted by atomic mass is 32.2. The van der Waals surface area contributed by atoms with Crippen molar-refractivity contribution in [1.82, 2.24) is 4.31 Å². The SMILES string of the molecule is CN(C)S(=O)(=O)c1cccc(NC2CSCCC2(C)C)c1. The molecule has 1 aromatic rings. The molecular weight excluding hydrogens is 304 g/mol. The molecule has 0 aromatic heterocycles. The molecule has 6 heteroatoms. The third-order valence-corrected chi connectivity index (χ3v) is 6.95. The smallest absolute Gasteiger partial charge is 0.242 e. The number of thioether (sulfide) groups is 1. The molecule has 1 saturated heterocycles. The van der Waals surface area contributed by atoms with E-state index in [0.29, 0.717) is 10.9 Å². The third-order valence-electron chi connectivity index (χ3n) is 4.07. The van der Waals surface area contributed by atoms with Gasteiger partial charge >= 0.3 is 0 Å². The number of anilines is 1. The molecule has 118 valence electrons. The average Bonchev–Trinajstić information content (AvgIpc) is 2.41. The summed E-state index contributed by atoms with van der Waals surface area (Å²) in [5.41, 5.74) is 1.10. The van der Waals surface area contributed by atoms with Gasteiger partial charge in [0.25, 0.3) is 0 Å². The summed E-state index contributed by atoms with van der Waals surface area (Å²) in [4.78, 5) is 0.332. The van der Waals surface area contributed by atoms with Crippen molar-refractivity contribution in [2.45, 2.75) is 31.2 Å². The van der Waals surface area contributed by atoms with Gasteiger partial charge < -0.3 is 5.32 Å². The molecule has 1 atom stereocenters. The van der Waals surface area contributed by atoms with Crippen molar-refractivity contribution in [2.24, 2.45) is 5.41 Å². The average molecular weight is 329 g/mol. The van der Waals surface area contributed by atoms with Crippen LogP contribution in [-0.2, 0) is 10.0 Å². The van der Waals surface area contributed by atoms with E-state index < -0.39 is 10.0 Å². The van der Waals surface area contributed by atoms with E-state index >= 15 is 0 Å². The summed E-state index contributed by atoms with van der Waals surface area (Å²) in [7, 11) is -0.277. The van der Waals surface area contributed by atoms with E-state index in [1.54, 1.807) is 32.3 Å². The van der Waals surface area contributed by atoms with Gasteiger partial charge in [0, 0.05) is 31.6 Å². The molecule has 1 N–H and O–H groups in total. The summed E-state index contributed by atoms with van der Waals surface area (Å²) in [5, 5.41) is 3.52. The van der Waals surface area contributed by atoms with E-state index in [1.807, 2.05) is 17.8 Å². The predicted octanol–water partition coefficient (Wildman–Crippen LogP) is 2.88. The van der Waals surface area contributed by atoms with Gasteiger partial charge in [0.05, 0.1) is 4.90 Å². The first-order valence-electron chi connectivity index (χ1n) is 7.10. The molecule has 1 heterocycles. The summed E-state index contributed by atoms with van der Waals surface area (Å²) in [6, 6.07) is 7.45.